The smallest absolute Gasteiger partial charge is 0.329 e. The van der Waals surface area contributed by atoms with Gasteiger partial charge in [-0.1, -0.05) is 0 Å². The van der Waals surface area contributed by atoms with Crippen LogP contribution in [0.15, 0.2) is 0 Å². The first-order valence-corrected chi connectivity index (χ1v) is 8.23. The van der Waals surface area contributed by atoms with Gasteiger partial charge in [0.25, 0.3) is 0 Å². The quantitative estimate of drug-likeness (QED) is 0.849. The SMILES string of the molecule is NCC1(N2CCCSCC2)CCC(C(F)(F)F)CC1. The number of hydrogen-bond donors (Lipinski definition) is 1. The fourth-order valence-corrected chi connectivity index (χ4v) is 4.24. The average Bonchev–Trinajstić information content (AvgIpc) is 2.67. The number of rotatable bonds is 2. The Morgan fingerprint density at radius 2 is 1.84 bits per heavy atom. The summed E-state index contributed by atoms with van der Waals surface area (Å²) in [7, 11) is 0. The first-order chi connectivity index (χ1) is 8.98. The van der Waals surface area contributed by atoms with Crippen LogP contribution < -0.4 is 5.73 Å². The molecule has 2 aliphatic rings. The minimum atomic E-state index is -4.03. The minimum Gasteiger partial charge on any atom is -0.329 e. The fourth-order valence-electron chi connectivity index (χ4n) is 3.35. The van der Waals surface area contributed by atoms with Crippen molar-refractivity contribution < 1.29 is 13.2 Å². The van der Waals surface area contributed by atoms with E-state index in [2.05, 4.69) is 4.90 Å². The van der Waals surface area contributed by atoms with Crippen molar-refractivity contribution >= 4 is 11.8 Å². The van der Waals surface area contributed by atoms with Crippen LogP contribution in [0.1, 0.15) is 32.1 Å². The third-order valence-electron chi connectivity index (χ3n) is 4.65. The first kappa shape index (κ1) is 15.4. The van der Waals surface area contributed by atoms with Crippen molar-refractivity contribution in [2.75, 3.05) is 31.1 Å². The molecule has 19 heavy (non-hydrogen) atoms. The molecule has 112 valence electrons. The Kier molecular flexibility index (Phi) is 5.06. The van der Waals surface area contributed by atoms with Crippen molar-refractivity contribution in [3.63, 3.8) is 0 Å². The third kappa shape index (κ3) is 3.58. The Morgan fingerprint density at radius 3 is 2.42 bits per heavy atom. The lowest BCUT2D eigenvalue weighted by Crippen LogP contribution is -2.57. The average molecular weight is 296 g/mol. The molecule has 2 rings (SSSR count). The van der Waals surface area contributed by atoms with E-state index in [4.69, 9.17) is 5.73 Å². The van der Waals surface area contributed by atoms with E-state index in [-0.39, 0.29) is 18.4 Å². The number of nitrogens with two attached hydrogens (primary N) is 1. The molecule has 0 aromatic rings. The highest BCUT2D eigenvalue weighted by Crippen LogP contribution is 2.43. The summed E-state index contributed by atoms with van der Waals surface area (Å²) >= 11 is 1.94. The van der Waals surface area contributed by atoms with E-state index in [0.29, 0.717) is 19.4 Å². The Morgan fingerprint density at radius 1 is 1.16 bits per heavy atom. The van der Waals surface area contributed by atoms with Gasteiger partial charge in [0, 0.05) is 24.4 Å². The van der Waals surface area contributed by atoms with E-state index in [9.17, 15) is 13.2 Å². The van der Waals surface area contributed by atoms with Gasteiger partial charge in [0.15, 0.2) is 0 Å². The summed E-state index contributed by atoms with van der Waals surface area (Å²) in [6.45, 7) is 2.45. The molecule has 6 heteroatoms. The Bertz CT molecular complexity index is 280. The molecule has 0 radical (unpaired) electrons. The van der Waals surface area contributed by atoms with Crippen LogP contribution >= 0.6 is 11.8 Å². The maximum atomic E-state index is 12.8. The van der Waals surface area contributed by atoms with E-state index in [1.165, 1.54) is 0 Å². The predicted molar refractivity (Wildman–Crippen MR) is 73.3 cm³/mol. The molecule has 2 fully saturated rings. The van der Waals surface area contributed by atoms with Crippen LogP contribution in [0.4, 0.5) is 13.2 Å². The summed E-state index contributed by atoms with van der Waals surface area (Å²) in [5, 5.41) is 0. The van der Waals surface area contributed by atoms with E-state index >= 15 is 0 Å². The normalized spacial score (nSPS) is 35.1. The van der Waals surface area contributed by atoms with Gasteiger partial charge in [-0.05, 0) is 44.4 Å². The Labute approximate surface area is 117 Å². The van der Waals surface area contributed by atoms with Gasteiger partial charge in [-0.25, -0.2) is 0 Å². The molecule has 0 bridgehead atoms. The van der Waals surface area contributed by atoms with Gasteiger partial charge in [0.1, 0.15) is 0 Å². The van der Waals surface area contributed by atoms with E-state index in [1.54, 1.807) is 0 Å². The molecule has 0 aromatic heterocycles. The highest BCUT2D eigenvalue weighted by Gasteiger charge is 2.47. The molecular formula is C13H23F3N2S. The van der Waals surface area contributed by atoms with Gasteiger partial charge in [-0.15, -0.1) is 0 Å². The van der Waals surface area contributed by atoms with Gasteiger partial charge >= 0.3 is 6.18 Å². The second kappa shape index (κ2) is 6.22. The monoisotopic (exact) mass is 296 g/mol. The third-order valence-corrected chi connectivity index (χ3v) is 5.70. The maximum Gasteiger partial charge on any atom is 0.391 e. The summed E-state index contributed by atoms with van der Waals surface area (Å²) in [5.41, 5.74) is 5.77. The second-order valence-corrected chi connectivity index (χ2v) is 6.92. The van der Waals surface area contributed by atoms with Gasteiger partial charge in [-0.3, -0.25) is 4.90 Å². The molecule has 2 N–H and O–H groups in total. The zero-order chi connectivity index (χ0) is 13.9. The molecule has 2 nitrogen and oxygen atoms in total. The van der Waals surface area contributed by atoms with Crippen LogP contribution in [-0.4, -0.2) is 47.8 Å². The highest BCUT2D eigenvalue weighted by atomic mass is 32.2. The molecule has 1 saturated heterocycles. The molecule has 1 aliphatic heterocycles. The number of nitrogens with zero attached hydrogens (tertiary/aromatic N) is 1. The molecule has 1 saturated carbocycles. The van der Waals surface area contributed by atoms with Crippen molar-refractivity contribution in [2.45, 2.75) is 43.8 Å². The van der Waals surface area contributed by atoms with Crippen LogP contribution in [-0.2, 0) is 0 Å². The second-order valence-electron chi connectivity index (χ2n) is 5.70. The topological polar surface area (TPSA) is 29.3 Å². The van der Waals surface area contributed by atoms with Crippen molar-refractivity contribution in [3.05, 3.63) is 0 Å². The van der Waals surface area contributed by atoms with Crippen molar-refractivity contribution in [1.29, 1.82) is 0 Å². The Hall–Kier alpha value is 0.0600. The largest absolute Gasteiger partial charge is 0.391 e. The van der Waals surface area contributed by atoms with Crippen LogP contribution in [0, 0.1) is 5.92 Å². The zero-order valence-electron chi connectivity index (χ0n) is 11.2. The van der Waals surface area contributed by atoms with Gasteiger partial charge in [0.05, 0.1) is 5.92 Å². The number of thioether (sulfide) groups is 1. The van der Waals surface area contributed by atoms with Crippen LogP contribution in [0.5, 0.6) is 0 Å². The fraction of sp³-hybridized carbons (Fsp3) is 1.00. The molecule has 0 atom stereocenters. The number of alkyl halides is 3. The molecule has 0 unspecified atom stereocenters. The lowest BCUT2D eigenvalue weighted by atomic mass is 9.75. The minimum absolute atomic E-state index is 0.174. The first-order valence-electron chi connectivity index (χ1n) is 7.07. The Balaban J connectivity index is 2.00. The van der Waals surface area contributed by atoms with E-state index < -0.39 is 12.1 Å². The lowest BCUT2D eigenvalue weighted by molar-refractivity contribution is -0.188. The van der Waals surface area contributed by atoms with E-state index in [0.717, 1.165) is 31.0 Å². The molecule has 0 amide bonds. The van der Waals surface area contributed by atoms with Crippen LogP contribution in [0.2, 0.25) is 0 Å². The summed E-state index contributed by atoms with van der Waals surface area (Å²) in [6, 6.07) is 0. The highest BCUT2D eigenvalue weighted by molar-refractivity contribution is 7.99. The van der Waals surface area contributed by atoms with Crippen molar-refractivity contribution in [3.8, 4) is 0 Å². The van der Waals surface area contributed by atoms with Crippen LogP contribution in [0.25, 0.3) is 0 Å². The zero-order valence-corrected chi connectivity index (χ0v) is 12.0. The molecule has 0 spiro atoms. The maximum absolute atomic E-state index is 12.8. The predicted octanol–water partition coefficient (Wildman–Crippen LogP) is 2.88. The number of hydrogen-bond acceptors (Lipinski definition) is 3. The molecule has 0 aromatic carbocycles. The molecule has 1 heterocycles. The summed E-state index contributed by atoms with van der Waals surface area (Å²) in [6.07, 6.45) is -1.24. The number of halogens is 3. The van der Waals surface area contributed by atoms with Gasteiger partial charge in [-0.2, -0.15) is 24.9 Å². The summed E-state index contributed by atoms with van der Waals surface area (Å²) < 4.78 is 38.3. The molecular weight excluding hydrogens is 273 g/mol. The lowest BCUT2D eigenvalue weighted by Gasteiger charge is -2.47. The van der Waals surface area contributed by atoms with Crippen molar-refractivity contribution in [1.82, 2.24) is 4.90 Å². The summed E-state index contributed by atoms with van der Waals surface area (Å²) in [4.78, 5) is 2.37. The standard InChI is InChI=1S/C13H23F3N2S/c14-13(15,16)11-2-4-12(10-17,5-3-11)18-6-1-8-19-9-7-18/h11H,1-10,17H2. The molecule has 1 aliphatic carbocycles. The van der Waals surface area contributed by atoms with Crippen LogP contribution in [0.3, 0.4) is 0 Å². The van der Waals surface area contributed by atoms with E-state index in [1.807, 2.05) is 11.8 Å². The summed E-state index contributed by atoms with van der Waals surface area (Å²) in [5.74, 6) is 1.11. The van der Waals surface area contributed by atoms with Gasteiger partial charge in [0.2, 0.25) is 0 Å². The van der Waals surface area contributed by atoms with Gasteiger partial charge < -0.3 is 5.73 Å². The van der Waals surface area contributed by atoms with Crippen molar-refractivity contribution in [2.24, 2.45) is 11.7 Å².